The van der Waals surface area contributed by atoms with E-state index in [1.807, 2.05) is 17.4 Å². The van der Waals surface area contributed by atoms with Crippen molar-refractivity contribution in [2.45, 2.75) is 24.1 Å². The summed E-state index contributed by atoms with van der Waals surface area (Å²) in [6.45, 7) is 0. The van der Waals surface area contributed by atoms with Crippen LogP contribution in [0.15, 0.2) is 30.3 Å². The summed E-state index contributed by atoms with van der Waals surface area (Å²) in [5, 5.41) is 2.10. The Labute approximate surface area is 108 Å². The quantitative estimate of drug-likeness (QED) is 0.755. The second kappa shape index (κ2) is 4.30. The molecule has 1 aromatic heterocycles. The van der Waals surface area contributed by atoms with E-state index >= 15 is 0 Å². The number of rotatable bonds is 3. The highest BCUT2D eigenvalue weighted by molar-refractivity contribution is 9.08. The van der Waals surface area contributed by atoms with E-state index in [1.165, 1.54) is 29.0 Å². The third-order valence-electron chi connectivity index (χ3n) is 2.83. The van der Waals surface area contributed by atoms with Crippen molar-refractivity contribution in [2.24, 2.45) is 0 Å². The second-order valence-corrected chi connectivity index (χ2v) is 5.75. The lowest BCUT2D eigenvalue weighted by Gasteiger charge is -1.93. The Morgan fingerprint density at radius 1 is 1.25 bits per heavy atom. The number of aromatic nitrogens is 1. The molecule has 1 nitrogen and oxygen atoms in total. The Morgan fingerprint density at radius 3 is 2.62 bits per heavy atom. The van der Waals surface area contributed by atoms with Gasteiger partial charge in [0, 0.05) is 21.7 Å². The van der Waals surface area contributed by atoms with E-state index in [0.717, 1.165) is 16.3 Å². The van der Waals surface area contributed by atoms with Gasteiger partial charge in [-0.1, -0.05) is 46.3 Å². The van der Waals surface area contributed by atoms with Crippen molar-refractivity contribution in [3.8, 4) is 10.6 Å². The van der Waals surface area contributed by atoms with Crippen LogP contribution in [0.4, 0.5) is 0 Å². The molecule has 0 N–H and O–H groups in total. The standard InChI is InChI=1S/C13H12BrNS/c14-8-11-12(9-6-7-9)15-13(16-11)10-4-2-1-3-5-10/h1-5,9H,6-8H2. The number of nitrogens with zero attached hydrogens (tertiary/aromatic N) is 1. The molecular weight excluding hydrogens is 282 g/mol. The predicted molar refractivity (Wildman–Crippen MR) is 72.2 cm³/mol. The van der Waals surface area contributed by atoms with Crippen LogP contribution < -0.4 is 0 Å². The summed E-state index contributed by atoms with van der Waals surface area (Å²) < 4.78 is 0. The van der Waals surface area contributed by atoms with Crippen molar-refractivity contribution in [2.75, 3.05) is 0 Å². The summed E-state index contributed by atoms with van der Waals surface area (Å²) >= 11 is 5.38. The normalized spacial score (nSPS) is 15.3. The molecule has 0 amide bonds. The van der Waals surface area contributed by atoms with Crippen LogP contribution in [0.25, 0.3) is 10.6 Å². The van der Waals surface area contributed by atoms with Crippen LogP contribution in [0.5, 0.6) is 0 Å². The molecule has 1 aliphatic rings. The lowest BCUT2D eigenvalue weighted by atomic mass is 10.2. The molecule has 16 heavy (non-hydrogen) atoms. The second-order valence-electron chi connectivity index (χ2n) is 4.10. The Hall–Kier alpha value is -0.670. The Kier molecular flexibility index (Phi) is 2.82. The van der Waals surface area contributed by atoms with Crippen molar-refractivity contribution in [1.29, 1.82) is 0 Å². The van der Waals surface area contributed by atoms with Gasteiger partial charge in [0.15, 0.2) is 0 Å². The topological polar surface area (TPSA) is 12.9 Å². The van der Waals surface area contributed by atoms with Gasteiger partial charge in [0.05, 0.1) is 5.69 Å². The highest BCUT2D eigenvalue weighted by atomic mass is 79.9. The Bertz CT molecular complexity index is 488. The van der Waals surface area contributed by atoms with Gasteiger partial charge in [0.2, 0.25) is 0 Å². The van der Waals surface area contributed by atoms with Gasteiger partial charge in [0.1, 0.15) is 5.01 Å². The molecule has 2 aromatic rings. The number of hydrogen-bond donors (Lipinski definition) is 0. The van der Waals surface area contributed by atoms with E-state index in [-0.39, 0.29) is 0 Å². The summed E-state index contributed by atoms with van der Waals surface area (Å²) in [7, 11) is 0. The summed E-state index contributed by atoms with van der Waals surface area (Å²) in [5.74, 6) is 0.737. The van der Waals surface area contributed by atoms with Crippen LogP contribution in [-0.4, -0.2) is 4.98 Å². The minimum absolute atomic E-state index is 0.737. The van der Waals surface area contributed by atoms with Gasteiger partial charge in [0.25, 0.3) is 0 Å². The molecule has 1 fully saturated rings. The van der Waals surface area contributed by atoms with Gasteiger partial charge in [-0.25, -0.2) is 4.98 Å². The van der Waals surface area contributed by atoms with Gasteiger partial charge in [-0.05, 0) is 12.8 Å². The minimum atomic E-state index is 0.737. The largest absolute Gasteiger partial charge is 0.240 e. The molecule has 3 rings (SSSR count). The van der Waals surface area contributed by atoms with Crippen LogP contribution in [0, 0.1) is 0 Å². The maximum atomic E-state index is 4.80. The summed E-state index contributed by atoms with van der Waals surface area (Å²) in [5.41, 5.74) is 2.57. The van der Waals surface area contributed by atoms with Crippen LogP contribution >= 0.6 is 27.3 Å². The molecule has 3 heteroatoms. The molecule has 0 saturated heterocycles. The number of hydrogen-bond acceptors (Lipinski definition) is 2. The molecule has 0 spiro atoms. The number of thiazole rings is 1. The number of alkyl halides is 1. The average Bonchev–Trinajstić information content (AvgIpc) is 3.10. The Morgan fingerprint density at radius 2 is 2.00 bits per heavy atom. The van der Waals surface area contributed by atoms with Crippen molar-refractivity contribution < 1.29 is 0 Å². The van der Waals surface area contributed by atoms with E-state index in [0.29, 0.717) is 0 Å². The maximum absolute atomic E-state index is 4.80. The zero-order valence-corrected chi connectivity index (χ0v) is 11.2. The molecule has 1 aromatic carbocycles. The molecule has 82 valence electrons. The van der Waals surface area contributed by atoms with Crippen LogP contribution in [0.1, 0.15) is 29.3 Å². The van der Waals surface area contributed by atoms with Gasteiger partial charge >= 0.3 is 0 Å². The number of benzene rings is 1. The highest BCUT2D eigenvalue weighted by Crippen LogP contribution is 2.44. The Balaban J connectivity index is 2.02. The van der Waals surface area contributed by atoms with Crippen molar-refractivity contribution in [3.05, 3.63) is 40.9 Å². The van der Waals surface area contributed by atoms with Crippen molar-refractivity contribution >= 4 is 27.3 Å². The van der Waals surface area contributed by atoms with Crippen LogP contribution in [-0.2, 0) is 5.33 Å². The fourth-order valence-electron chi connectivity index (χ4n) is 1.84. The summed E-state index contributed by atoms with van der Waals surface area (Å²) in [4.78, 5) is 6.21. The van der Waals surface area contributed by atoms with E-state index in [4.69, 9.17) is 4.98 Å². The van der Waals surface area contributed by atoms with E-state index in [9.17, 15) is 0 Å². The van der Waals surface area contributed by atoms with Crippen LogP contribution in [0.3, 0.4) is 0 Å². The molecule has 1 saturated carbocycles. The fourth-order valence-corrected chi connectivity index (χ4v) is 3.47. The third-order valence-corrected chi connectivity index (χ3v) is 4.89. The molecule has 0 aliphatic heterocycles. The van der Waals surface area contributed by atoms with E-state index in [2.05, 4.69) is 40.2 Å². The first-order valence-electron chi connectivity index (χ1n) is 5.49. The monoisotopic (exact) mass is 293 g/mol. The lowest BCUT2D eigenvalue weighted by Crippen LogP contribution is -1.84. The first-order chi connectivity index (χ1) is 7.88. The van der Waals surface area contributed by atoms with Gasteiger partial charge in [-0.3, -0.25) is 0 Å². The third kappa shape index (κ3) is 1.94. The number of halogens is 1. The van der Waals surface area contributed by atoms with E-state index in [1.54, 1.807) is 0 Å². The lowest BCUT2D eigenvalue weighted by molar-refractivity contribution is 1.03. The zero-order valence-electron chi connectivity index (χ0n) is 8.82. The highest BCUT2D eigenvalue weighted by Gasteiger charge is 2.29. The predicted octanol–water partition coefficient (Wildman–Crippen LogP) is 4.58. The summed E-state index contributed by atoms with van der Waals surface area (Å²) in [6, 6.07) is 10.5. The zero-order chi connectivity index (χ0) is 11.0. The van der Waals surface area contributed by atoms with E-state index < -0.39 is 0 Å². The molecular formula is C13H12BrNS. The van der Waals surface area contributed by atoms with Crippen molar-refractivity contribution in [3.63, 3.8) is 0 Å². The molecule has 1 heterocycles. The molecule has 0 bridgehead atoms. The van der Waals surface area contributed by atoms with Gasteiger partial charge in [-0.2, -0.15) is 0 Å². The van der Waals surface area contributed by atoms with Crippen LogP contribution in [0.2, 0.25) is 0 Å². The molecule has 0 radical (unpaired) electrons. The van der Waals surface area contributed by atoms with Crippen molar-refractivity contribution in [1.82, 2.24) is 4.98 Å². The van der Waals surface area contributed by atoms with Gasteiger partial charge < -0.3 is 0 Å². The SMILES string of the molecule is BrCc1sc(-c2ccccc2)nc1C1CC1. The average molecular weight is 294 g/mol. The minimum Gasteiger partial charge on any atom is -0.240 e. The van der Waals surface area contributed by atoms with Gasteiger partial charge in [-0.15, -0.1) is 11.3 Å². The molecule has 0 atom stereocenters. The maximum Gasteiger partial charge on any atom is 0.123 e. The molecule has 1 aliphatic carbocycles. The smallest absolute Gasteiger partial charge is 0.123 e. The summed E-state index contributed by atoms with van der Waals surface area (Å²) in [6.07, 6.45) is 2.63. The fraction of sp³-hybridized carbons (Fsp3) is 0.308. The molecule has 0 unspecified atom stereocenters. The first-order valence-corrected chi connectivity index (χ1v) is 7.43. The first kappa shape index (κ1) is 10.5.